The molecule has 2 saturated carbocycles. The molecule has 24 heavy (non-hydrogen) atoms. The average molecular weight is 330 g/mol. The zero-order chi connectivity index (χ0) is 16.7. The van der Waals surface area contributed by atoms with Crippen LogP contribution in [-0.2, 0) is 4.79 Å². The molecule has 1 aliphatic heterocycles. The molecule has 1 saturated heterocycles. The number of benzene rings is 1. The summed E-state index contributed by atoms with van der Waals surface area (Å²) < 4.78 is 13.2. The highest BCUT2D eigenvalue weighted by Crippen LogP contribution is 2.40. The van der Waals surface area contributed by atoms with Gasteiger partial charge >= 0.3 is 0 Å². The van der Waals surface area contributed by atoms with Gasteiger partial charge in [0.2, 0.25) is 5.91 Å². The molecule has 0 spiro atoms. The highest BCUT2D eigenvalue weighted by molar-refractivity contribution is 5.98. The lowest BCUT2D eigenvalue weighted by molar-refractivity contribution is -0.125. The molecule has 3 aliphatic rings. The second-order valence-corrected chi connectivity index (χ2v) is 7.37. The molecule has 3 atom stereocenters. The van der Waals surface area contributed by atoms with Gasteiger partial charge in [-0.3, -0.25) is 9.59 Å². The maximum absolute atomic E-state index is 13.2. The van der Waals surface area contributed by atoms with E-state index < -0.39 is 0 Å². The van der Waals surface area contributed by atoms with Crippen molar-refractivity contribution in [3.63, 3.8) is 0 Å². The molecular weight excluding hydrogens is 307 g/mol. The van der Waals surface area contributed by atoms with Crippen LogP contribution in [-0.4, -0.2) is 34.8 Å². The molecule has 1 aromatic carbocycles. The molecule has 0 unspecified atom stereocenters. The van der Waals surface area contributed by atoms with E-state index in [2.05, 4.69) is 5.32 Å². The second kappa shape index (κ2) is 6.19. The van der Waals surface area contributed by atoms with Crippen molar-refractivity contribution in [1.29, 1.82) is 0 Å². The summed E-state index contributed by atoms with van der Waals surface area (Å²) in [6, 6.07) is 5.71. The van der Waals surface area contributed by atoms with Gasteiger partial charge in [-0.1, -0.05) is 12.8 Å². The number of carbonyl (C=O) groups excluding carboxylic acids is 2. The molecule has 3 fully saturated rings. The summed E-state index contributed by atoms with van der Waals surface area (Å²) in [6.07, 6.45) is 7.17. The summed E-state index contributed by atoms with van der Waals surface area (Å²) in [7, 11) is 0. The van der Waals surface area contributed by atoms with Crippen molar-refractivity contribution in [1.82, 2.24) is 10.2 Å². The Labute approximate surface area is 141 Å². The van der Waals surface area contributed by atoms with Crippen molar-refractivity contribution in [2.75, 3.05) is 0 Å². The van der Waals surface area contributed by atoms with Gasteiger partial charge in [-0.05, 0) is 62.3 Å². The molecule has 1 aromatic rings. The largest absolute Gasteiger partial charge is 0.352 e. The predicted molar refractivity (Wildman–Crippen MR) is 87.9 cm³/mol. The molecular formula is C19H23FN2O2. The summed E-state index contributed by atoms with van der Waals surface area (Å²) in [6.45, 7) is 0. The number of nitrogens with zero attached hydrogens (tertiary/aromatic N) is 1. The Hall–Kier alpha value is -1.91. The van der Waals surface area contributed by atoms with Crippen LogP contribution in [0.3, 0.4) is 0 Å². The fraction of sp³-hybridized carbons (Fsp3) is 0.579. The zero-order valence-electron chi connectivity index (χ0n) is 13.7. The standard InChI is InChI=1S/C19H23FN2O2/c20-14-7-5-12(6-8-14)19(24)22-16-4-2-1-3-13(16)11-17(22)18(23)21-15-9-10-15/h5-8,13,15-17H,1-4,9-11H2,(H,21,23)/t13-,16-,17-/m0/s1. The second-order valence-electron chi connectivity index (χ2n) is 7.37. The van der Waals surface area contributed by atoms with Crippen LogP contribution < -0.4 is 5.32 Å². The van der Waals surface area contributed by atoms with Gasteiger partial charge in [0, 0.05) is 17.6 Å². The summed E-state index contributed by atoms with van der Waals surface area (Å²) in [5.74, 6) is -0.0904. The Bertz CT molecular complexity index is 641. The number of hydrogen-bond donors (Lipinski definition) is 1. The van der Waals surface area contributed by atoms with Gasteiger partial charge in [0.25, 0.3) is 5.91 Å². The molecule has 4 nitrogen and oxygen atoms in total. The molecule has 0 bridgehead atoms. The zero-order valence-corrected chi connectivity index (χ0v) is 13.7. The molecule has 2 amide bonds. The van der Waals surface area contributed by atoms with Crippen molar-refractivity contribution in [3.05, 3.63) is 35.6 Å². The number of hydrogen-bond acceptors (Lipinski definition) is 2. The first kappa shape index (κ1) is 15.6. The van der Waals surface area contributed by atoms with Crippen LogP contribution in [0.2, 0.25) is 0 Å². The summed E-state index contributed by atoms with van der Waals surface area (Å²) in [4.78, 5) is 27.5. The third-order valence-corrected chi connectivity index (χ3v) is 5.64. The van der Waals surface area contributed by atoms with E-state index in [1.54, 1.807) is 4.90 Å². The summed E-state index contributed by atoms with van der Waals surface area (Å²) in [5, 5.41) is 3.06. The van der Waals surface area contributed by atoms with E-state index >= 15 is 0 Å². The van der Waals surface area contributed by atoms with Crippen LogP contribution in [0, 0.1) is 11.7 Å². The van der Waals surface area contributed by atoms with Gasteiger partial charge in [0.15, 0.2) is 0 Å². The summed E-state index contributed by atoms with van der Waals surface area (Å²) >= 11 is 0. The highest BCUT2D eigenvalue weighted by atomic mass is 19.1. The molecule has 5 heteroatoms. The Kier molecular flexibility index (Phi) is 4.02. The minimum absolute atomic E-state index is 0.0117. The van der Waals surface area contributed by atoms with Crippen molar-refractivity contribution in [3.8, 4) is 0 Å². The third-order valence-electron chi connectivity index (χ3n) is 5.64. The molecule has 1 N–H and O–H groups in total. The van der Waals surface area contributed by atoms with E-state index in [0.717, 1.165) is 38.5 Å². The van der Waals surface area contributed by atoms with Gasteiger partial charge in [-0.2, -0.15) is 0 Å². The number of nitrogens with one attached hydrogen (secondary N) is 1. The van der Waals surface area contributed by atoms with Crippen LogP contribution in [0.5, 0.6) is 0 Å². The number of fused-ring (bicyclic) bond motifs is 1. The molecule has 4 rings (SSSR count). The van der Waals surface area contributed by atoms with Crippen molar-refractivity contribution in [2.45, 2.75) is 63.1 Å². The van der Waals surface area contributed by atoms with Gasteiger partial charge in [-0.15, -0.1) is 0 Å². The van der Waals surface area contributed by atoms with Crippen LogP contribution in [0.1, 0.15) is 55.3 Å². The number of rotatable bonds is 3. The first-order valence-corrected chi connectivity index (χ1v) is 9.02. The SMILES string of the molecule is O=C(NC1CC1)[C@@H]1C[C@@H]2CCCC[C@@H]2N1C(=O)c1ccc(F)cc1. The van der Waals surface area contributed by atoms with Crippen LogP contribution in [0.25, 0.3) is 0 Å². The molecule has 128 valence electrons. The molecule has 0 radical (unpaired) electrons. The van der Waals surface area contributed by atoms with E-state index in [1.165, 1.54) is 30.7 Å². The number of likely N-dealkylation sites (tertiary alicyclic amines) is 1. The first-order chi connectivity index (χ1) is 11.6. The molecule has 1 heterocycles. The minimum Gasteiger partial charge on any atom is -0.352 e. The monoisotopic (exact) mass is 330 g/mol. The van der Waals surface area contributed by atoms with Gasteiger partial charge in [0.1, 0.15) is 11.9 Å². The van der Waals surface area contributed by atoms with E-state index in [4.69, 9.17) is 0 Å². The lowest BCUT2D eigenvalue weighted by Gasteiger charge is -2.33. The Morgan fingerprint density at radius 2 is 1.75 bits per heavy atom. The van der Waals surface area contributed by atoms with Gasteiger partial charge in [0.05, 0.1) is 0 Å². The van der Waals surface area contributed by atoms with E-state index in [0.29, 0.717) is 17.5 Å². The van der Waals surface area contributed by atoms with Gasteiger partial charge < -0.3 is 10.2 Å². The highest BCUT2D eigenvalue weighted by Gasteiger charge is 2.48. The van der Waals surface area contributed by atoms with Crippen LogP contribution >= 0.6 is 0 Å². The fourth-order valence-corrected chi connectivity index (χ4v) is 4.25. The fourth-order valence-electron chi connectivity index (χ4n) is 4.25. The number of carbonyl (C=O) groups is 2. The van der Waals surface area contributed by atoms with Crippen molar-refractivity contribution >= 4 is 11.8 Å². The summed E-state index contributed by atoms with van der Waals surface area (Å²) in [5.41, 5.74) is 0.465. The third kappa shape index (κ3) is 2.92. The van der Waals surface area contributed by atoms with Crippen LogP contribution in [0.15, 0.2) is 24.3 Å². The number of halogens is 1. The van der Waals surface area contributed by atoms with E-state index in [1.807, 2.05) is 0 Å². The van der Waals surface area contributed by atoms with Crippen molar-refractivity contribution in [2.24, 2.45) is 5.92 Å². The molecule has 2 aliphatic carbocycles. The Balaban J connectivity index is 1.60. The molecule has 0 aromatic heterocycles. The maximum atomic E-state index is 13.2. The average Bonchev–Trinajstić information content (AvgIpc) is 3.31. The topological polar surface area (TPSA) is 49.4 Å². The first-order valence-electron chi connectivity index (χ1n) is 9.02. The van der Waals surface area contributed by atoms with Crippen molar-refractivity contribution < 1.29 is 14.0 Å². The smallest absolute Gasteiger partial charge is 0.254 e. The normalized spacial score (nSPS) is 29.2. The quantitative estimate of drug-likeness (QED) is 0.926. The minimum atomic E-state index is -0.378. The lowest BCUT2D eigenvalue weighted by atomic mass is 9.84. The van der Waals surface area contributed by atoms with Gasteiger partial charge in [-0.25, -0.2) is 4.39 Å². The predicted octanol–water partition coefficient (Wildman–Crippen LogP) is 2.88. The Morgan fingerprint density at radius 3 is 2.46 bits per heavy atom. The van der Waals surface area contributed by atoms with Crippen LogP contribution in [0.4, 0.5) is 4.39 Å². The number of amides is 2. The maximum Gasteiger partial charge on any atom is 0.254 e. The van der Waals surface area contributed by atoms with E-state index in [9.17, 15) is 14.0 Å². The van der Waals surface area contributed by atoms with E-state index in [-0.39, 0.29) is 29.7 Å². The Morgan fingerprint density at radius 1 is 1.04 bits per heavy atom. The lowest BCUT2D eigenvalue weighted by Crippen LogP contribution is -2.50.